The van der Waals surface area contributed by atoms with E-state index < -0.39 is 29.3 Å². The molecule has 21 heavy (non-hydrogen) atoms. The van der Waals surface area contributed by atoms with E-state index in [0.29, 0.717) is 6.42 Å². The lowest BCUT2D eigenvalue weighted by Crippen LogP contribution is -2.46. The first-order chi connectivity index (χ1) is 9.44. The van der Waals surface area contributed by atoms with E-state index in [1.807, 2.05) is 0 Å². The number of alkyl carbamates (subject to hydrolysis) is 1. The maximum absolute atomic E-state index is 12.1. The molecule has 122 valence electrons. The number of rotatable bonds is 6. The van der Waals surface area contributed by atoms with Crippen LogP contribution in [0.25, 0.3) is 0 Å². The van der Waals surface area contributed by atoms with Gasteiger partial charge in [-0.1, -0.05) is 6.08 Å². The molecule has 0 radical (unpaired) electrons. The van der Waals surface area contributed by atoms with E-state index in [-0.39, 0.29) is 0 Å². The number of carbonyl (C=O) groups is 2. The smallest absolute Gasteiger partial charge is 0.408 e. The van der Waals surface area contributed by atoms with E-state index in [1.54, 1.807) is 47.6 Å². The van der Waals surface area contributed by atoms with Crippen molar-refractivity contribution in [2.45, 2.75) is 78.0 Å². The van der Waals surface area contributed by atoms with Gasteiger partial charge in [0.2, 0.25) is 0 Å². The van der Waals surface area contributed by atoms with Gasteiger partial charge in [-0.3, -0.25) is 0 Å². The van der Waals surface area contributed by atoms with Gasteiger partial charge in [0.05, 0.1) is 0 Å². The largest absolute Gasteiger partial charge is 0.458 e. The third-order valence-corrected chi connectivity index (χ3v) is 2.28. The van der Waals surface area contributed by atoms with Crippen LogP contribution in [0.4, 0.5) is 4.79 Å². The number of amides is 1. The molecule has 0 aliphatic rings. The number of hydrogen-bond donors (Lipinski definition) is 1. The highest BCUT2D eigenvalue weighted by Crippen LogP contribution is 2.13. The number of hydrogen-bond acceptors (Lipinski definition) is 4. The fourth-order valence-electron chi connectivity index (χ4n) is 1.54. The van der Waals surface area contributed by atoms with Gasteiger partial charge in [0.15, 0.2) is 0 Å². The number of esters is 1. The second-order valence-corrected chi connectivity index (χ2v) is 6.95. The van der Waals surface area contributed by atoms with Crippen LogP contribution in [0.1, 0.15) is 60.8 Å². The minimum atomic E-state index is -0.709. The average Bonchev–Trinajstić information content (AvgIpc) is 2.22. The van der Waals surface area contributed by atoms with Crippen molar-refractivity contribution in [1.82, 2.24) is 5.32 Å². The van der Waals surface area contributed by atoms with Crippen molar-refractivity contribution in [3.8, 4) is 0 Å². The molecule has 5 nitrogen and oxygen atoms in total. The average molecular weight is 299 g/mol. The van der Waals surface area contributed by atoms with Crippen molar-refractivity contribution in [3.63, 3.8) is 0 Å². The Morgan fingerprint density at radius 1 is 1.10 bits per heavy atom. The van der Waals surface area contributed by atoms with Crippen LogP contribution in [0.3, 0.4) is 0 Å². The van der Waals surface area contributed by atoms with E-state index in [9.17, 15) is 9.59 Å². The second-order valence-electron chi connectivity index (χ2n) is 6.95. The van der Waals surface area contributed by atoms with Gasteiger partial charge in [-0.2, -0.15) is 0 Å². The maximum atomic E-state index is 12.1. The highest BCUT2D eigenvalue weighted by atomic mass is 16.6. The van der Waals surface area contributed by atoms with Gasteiger partial charge in [-0.15, -0.1) is 6.58 Å². The maximum Gasteiger partial charge on any atom is 0.408 e. The summed E-state index contributed by atoms with van der Waals surface area (Å²) in [6.45, 7) is 14.3. The predicted octanol–water partition coefficient (Wildman–Crippen LogP) is 3.58. The Hall–Kier alpha value is -1.52. The first-order valence-electron chi connectivity index (χ1n) is 7.28. The summed E-state index contributed by atoms with van der Waals surface area (Å²) >= 11 is 0. The van der Waals surface area contributed by atoms with E-state index in [4.69, 9.17) is 9.47 Å². The molecule has 0 aliphatic heterocycles. The minimum absolute atomic E-state index is 0.447. The molecule has 0 rings (SSSR count). The summed E-state index contributed by atoms with van der Waals surface area (Å²) in [5.41, 5.74) is -1.20. The van der Waals surface area contributed by atoms with Crippen LogP contribution in [0.5, 0.6) is 0 Å². The highest BCUT2D eigenvalue weighted by molar-refractivity contribution is 5.81. The first kappa shape index (κ1) is 19.5. The van der Waals surface area contributed by atoms with Crippen molar-refractivity contribution >= 4 is 12.1 Å². The van der Waals surface area contributed by atoms with Crippen molar-refractivity contribution in [3.05, 3.63) is 12.7 Å². The molecule has 0 bridgehead atoms. The summed E-state index contributed by atoms with van der Waals surface area (Å²) in [6, 6.07) is -0.709. The quantitative estimate of drug-likeness (QED) is 0.462. The minimum Gasteiger partial charge on any atom is -0.458 e. The van der Waals surface area contributed by atoms with Crippen LogP contribution in [0, 0.1) is 0 Å². The molecule has 1 amide bonds. The van der Waals surface area contributed by atoms with Crippen LogP contribution in [-0.2, 0) is 14.3 Å². The van der Waals surface area contributed by atoms with Gasteiger partial charge in [0.25, 0.3) is 0 Å². The highest BCUT2D eigenvalue weighted by Gasteiger charge is 2.28. The summed E-state index contributed by atoms with van der Waals surface area (Å²) in [6.07, 6.45) is 3.16. The van der Waals surface area contributed by atoms with Gasteiger partial charge in [-0.25, -0.2) is 9.59 Å². The van der Waals surface area contributed by atoms with Gasteiger partial charge >= 0.3 is 12.1 Å². The molecule has 1 N–H and O–H groups in total. The molecule has 0 aromatic rings. The van der Waals surface area contributed by atoms with Crippen LogP contribution in [0.2, 0.25) is 0 Å². The Morgan fingerprint density at radius 2 is 1.62 bits per heavy atom. The van der Waals surface area contributed by atoms with Gasteiger partial charge < -0.3 is 14.8 Å². The first-order valence-corrected chi connectivity index (χ1v) is 7.28. The fourth-order valence-corrected chi connectivity index (χ4v) is 1.54. The van der Waals surface area contributed by atoms with Crippen molar-refractivity contribution in [2.24, 2.45) is 0 Å². The SMILES string of the molecule is C=CCCC[C@H](NC(=O)OC(C)(C)C)C(=O)OC(C)(C)C. The molecular weight excluding hydrogens is 270 g/mol. The van der Waals surface area contributed by atoms with Crippen LogP contribution < -0.4 is 5.32 Å². The summed E-state index contributed by atoms with van der Waals surface area (Å²) in [7, 11) is 0. The Labute approximate surface area is 128 Å². The zero-order chi connectivity index (χ0) is 16.7. The third-order valence-electron chi connectivity index (χ3n) is 2.28. The Bertz CT molecular complexity index is 363. The lowest BCUT2D eigenvalue weighted by Gasteiger charge is -2.26. The molecule has 0 unspecified atom stereocenters. The molecule has 0 spiro atoms. The molecular formula is C16H29NO4. The zero-order valence-electron chi connectivity index (χ0n) is 14.1. The summed E-state index contributed by atoms with van der Waals surface area (Å²) < 4.78 is 10.5. The normalized spacial score (nSPS) is 13.2. The molecule has 0 aromatic heterocycles. The van der Waals surface area contributed by atoms with E-state index in [2.05, 4.69) is 11.9 Å². The fraction of sp³-hybridized carbons (Fsp3) is 0.750. The summed E-state index contributed by atoms with van der Waals surface area (Å²) in [5, 5.41) is 2.58. The van der Waals surface area contributed by atoms with Gasteiger partial charge in [-0.05, 0) is 60.8 Å². The van der Waals surface area contributed by atoms with E-state index in [0.717, 1.165) is 12.8 Å². The van der Waals surface area contributed by atoms with Crippen molar-refractivity contribution < 1.29 is 19.1 Å². The summed E-state index contributed by atoms with van der Waals surface area (Å²) in [5.74, 6) is -0.447. The Morgan fingerprint density at radius 3 is 2.05 bits per heavy atom. The van der Waals surface area contributed by atoms with E-state index >= 15 is 0 Å². The predicted molar refractivity (Wildman–Crippen MR) is 83.1 cm³/mol. The van der Waals surface area contributed by atoms with E-state index in [1.165, 1.54) is 0 Å². The number of allylic oxidation sites excluding steroid dienone is 1. The van der Waals surface area contributed by atoms with Crippen LogP contribution in [-0.4, -0.2) is 29.3 Å². The number of ether oxygens (including phenoxy) is 2. The van der Waals surface area contributed by atoms with Gasteiger partial charge in [0, 0.05) is 0 Å². The van der Waals surface area contributed by atoms with Crippen molar-refractivity contribution in [2.75, 3.05) is 0 Å². The molecule has 5 heteroatoms. The Balaban J connectivity index is 4.69. The standard InChI is InChI=1S/C16H29NO4/c1-8-9-10-11-12(13(18)20-15(2,3)4)17-14(19)21-16(5,6)7/h8,12H,1,9-11H2,2-7H3,(H,17,19)/t12-/m0/s1. The lowest BCUT2D eigenvalue weighted by molar-refractivity contribution is -0.157. The second kappa shape index (κ2) is 8.05. The third kappa shape index (κ3) is 10.9. The topological polar surface area (TPSA) is 64.6 Å². The Kier molecular flexibility index (Phi) is 7.47. The number of carbonyl (C=O) groups excluding carboxylic acids is 2. The number of unbranched alkanes of at least 4 members (excludes halogenated alkanes) is 1. The molecule has 0 saturated heterocycles. The van der Waals surface area contributed by atoms with Crippen LogP contribution >= 0.6 is 0 Å². The monoisotopic (exact) mass is 299 g/mol. The summed E-state index contributed by atoms with van der Waals surface area (Å²) in [4.78, 5) is 23.9. The molecule has 0 fully saturated rings. The molecule has 0 aromatic carbocycles. The lowest BCUT2D eigenvalue weighted by atomic mass is 10.1. The molecule has 0 heterocycles. The van der Waals surface area contributed by atoms with Gasteiger partial charge in [0.1, 0.15) is 17.2 Å². The molecule has 0 aliphatic carbocycles. The van der Waals surface area contributed by atoms with Crippen molar-refractivity contribution in [1.29, 1.82) is 0 Å². The number of nitrogens with one attached hydrogen (secondary N) is 1. The molecule has 1 atom stereocenters. The molecule has 0 saturated carbocycles. The van der Waals surface area contributed by atoms with Crippen LogP contribution in [0.15, 0.2) is 12.7 Å². The zero-order valence-corrected chi connectivity index (χ0v) is 14.1.